The summed E-state index contributed by atoms with van der Waals surface area (Å²) in [4.78, 5) is 0. The average Bonchev–Trinajstić information content (AvgIpc) is 2.35. The van der Waals surface area contributed by atoms with E-state index in [-0.39, 0.29) is 11.6 Å². The Morgan fingerprint density at radius 1 is 1.11 bits per heavy atom. The molecule has 1 atom stereocenters. The first kappa shape index (κ1) is 13.2. The van der Waals surface area contributed by atoms with E-state index in [9.17, 15) is 8.78 Å². The molecule has 0 heterocycles. The Morgan fingerprint density at radius 3 is 2.50 bits per heavy atom. The van der Waals surface area contributed by atoms with Crippen LogP contribution in [-0.2, 0) is 0 Å². The van der Waals surface area contributed by atoms with Crippen molar-refractivity contribution in [1.29, 1.82) is 0 Å². The van der Waals surface area contributed by atoms with E-state index in [0.717, 1.165) is 11.1 Å². The third kappa shape index (κ3) is 2.60. The van der Waals surface area contributed by atoms with E-state index in [0.29, 0.717) is 10.0 Å². The molecule has 1 nitrogen and oxygen atoms in total. The van der Waals surface area contributed by atoms with Crippen LogP contribution in [0.4, 0.5) is 8.78 Å². The standard InChI is InChI=1S/C14H12BrF2N/c1-8-2-4-10(16)7-11(8)14(18)9-3-5-13(17)12(15)6-9/h2-7,14H,18H2,1H3. The second-order valence-electron chi connectivity index (χ2n) is 4.15. The van der Waals surface area contributed by atoms with E-state index in [1.165, 1.54) is 18.2 Å². The number of hydrogen-bond acceptors (Lipinski definition) is 1. The maximum Gasteiger partial charge on any atom is 0.137 e. The molecule has 0 bridgehead atoms. The van der Waals surface area contributed by atoms with Crippen molar-refractivity contribution in [3.05, 3.63) is 69.2 Å². The van der Waals surface area contributed by atoms with Crippen LogP contribution in [0.5, 0.6) is 0 Å². The largest absolute Gasteiger partial charge is 0.320 e. The van der Waals surface area contributed by atoms with Crippen LogP contribution in [0.2, 0.25) is 0 Å². The fraction of sp³-hybridized carbons (Fsp3) is 0.143. The molecule has 0 aliphatic rings. The van der Waals surface area contributed by atoms with Crippen LogP contribution in [0.1, 0.15) is 22.7 Å². The molecule has 18 heavy (non-hydrogen) atoms. The van der Waals surface area contributed by atoms with Gasteiger partial charge in [0.25, 0.3) is 0 Å². The summed E-state index contributed by atoms with van der Waals surface area (Å²) in [5.74, 6) is -0.672. The van der Waals surface area contributed by atoms with Gasteiger partial charge >= 0.3 is 0 Å². The molecule has 2 N–H and O–H groups in total. The lowest BCUT2D eigenvalue weighted by Gasteiger charge is -2.15. The smallest absolute Gasteiger partial charge is 0.137 e. The van der Waals surface area contributed by atoms with Crippen molar-refractivity contribution in [3.8, 4) is 0 Å². The molecule has 1 unspecified atom stereocenters. The molecule has 0 spiro atoms. The molecule has 0 saturated carbocycles. The highest BCUT2D eigenvalue weighted by Gasteiger charge is 2.13. The third-order valence-corrected chi connectivity index (χ3v) is 3.49. The van der Waals surface area contributed by atoms with Gasteiger partial charge < -0.3 is 5.73 Å². The van der Waals surface area contributed by atoms with Gasteiger partial charge in [-0.3, -0.25) is 0 Å². The first-order valence-corrected chi connectivity index (χ1v) is 6.25. The molecule has 2 aromatic rings. The van der Waals surface area contributed by atoms with E-state index < -0.39 is 6.04 Å². The number of halogens is 3. The lowest BCUT2D eigenvalue weighted by molar-refractivity contribution is 0.617. The first-order chi connectivity index (χ1) is 8.49. The molecular formula is C14H12BrF2N. The van der Waals surface area contributed by atoms with Crippen molar-refractivity contribution in [3.63, 3.8) is 0 Å². The lowest BCUT2D eigenvalue weighted by atomic mass is 9.96. The summed E-state index contributed by atoms with van der Waals surface area (Å²) < 4.78 is 26.8. The van der Waals surface area contributed by atoms with Crippen molar-refractivity contribution in [2.75, 3.05) is 0 Å². The molecule has 2 aromatic carbocycles. The Kier molecular flexibility index (Phi) is 3.78. The van der Waals surface area contributed by atoms with Crippen LogP contribution >= 0.6 is 15.9 Å². The van der Waals surface area contributed by atoms with Gasteiger partial charge in [-0.15, -0.1) is 0 Å². The fourth-order valence-corrected chi connectivity index (χ4v) is 2.23. The van der Waals surface area contributed by atoms with Crippen LogP contribution < -0.4 is 5.73 Å². The van der Waals surface area contributed by atoms with Gasteiger partial charge in [-0.1, -0.05) is 12.1 Å². The van der Waals surface area contributed by atoms with Crippen molar-refractivity contribution >= 4 is 15.9 Å². The minimum absolute atomic E-state index is 0.327. The second kappa shape index (κ2) is 5.16. The maximum absolute atomic E-state index is 13.2. The molecule has 0 aliphatic carbocycles. The predicted octanol–water partition coefficient (Wildman–Crippen LogP) is 4.08. The van der Waals surface area contributed by atoms with Gasteiger partial charge in [0.2, 0.25) is 0 Å². The Labute approximate surface area is 113 Å². The van der Waals surface area contributed by atoms with Crippen LogP contribution in [-0.4, -0.2) is 0 Å². The Morgan fingerprint density at radius 2 is 1.83 bits per heavy atom. The van der Waals surface area contributed by atoms with Gasteiger partial charge in [-0.05, 0) is 63.8 Å². The Balaban J connectivity index is 2.44. The highest BCUT2D eigenvalue weighted by molar-refractivity contribution is 9.10. The fourth-order valence-electron chi connectivity index (χ4n) is 1.83. The number of rotatable bonds is 2. The van der Waals surface area contributed by atoms with Crippen molar-refractivity contribution in [2.24, 2.45) is 5.73 Å². The van der Waals surface area contributed by atoms with E-state index in [1.807, 2.05) is 6.92 Å². The Bertz CT molecular complexity index is 584. The van der Waals surface area contributed by atoms with Gasteiger partial charge in [-0.2, -0.15) is 0 Å². The third-order valence-electron chi connectivity index (χ3n) is 2.88. The minimum atomic E-state index is -0.474. The van der Waals surface area contributed by atoms with Crippen LogP contribution in [0.15, 0.2) is 40.9 Å². The zero-order valence-electron chi connectivity index (χ0n) is 9.75. The number of aryl methyl sites for hydroxylation is 1. The number of nitrogens with two attached hydrogens (primary N) is 1. The van der Waals surface area contributed by atoms with Gasteiger partial charge in [0.15, 0.2) is 0 Å². The Hall–Kier alpha value is -1.26. The lowest BCUT2D eigenvalue weighted by Crippen LogP contribution is -2.13. The van der Waals surface area contributed by atoms with Gasteiger partial charge in [0, 0.05) is 0 Å². The number of benzene rings is 2. The van der Waals surface area contributed by atoms with E-state index in [2.05, 4.69) is 15.9 Å². The topological polar surface area (TPSA) is 26.0 Å². The predicted molar refractivity (Wildman–Crippen MR) is 71.3 cm³/mol. The van der Waals surface area contributed by atoms with Crippen LogP contribution in [0, 0.1) is 18.6 Å². The SMILES string of the molecule is Cc1ccc(F)cc1C(N)c1ccc(F)c(Br)c1. The van der Waals surface area contributed by atoms with Gasteiger partial charge in [-0.25, -0.2) is 8.78 Å². The van der Waals surface area contributed by atoms with Gasteiger partial charge in [0.1, 0.15) is 11.6 Å². The summed E-state index contributed by atoms with van der Waals surface area (Å²) in [5.41, 5.74) is 8.44. The molecule has 0 fully saturated rings. The molecule has 0 radical (unpaired) electrons. The molecule has 4 heteroatoms. The summed E-state index contributed by atoms with van der Waals surface area (Å²) in [6.07, 6.45) is 0. The second-order valence-corrected chi connectivity index (χ2v) is 5.01. The quantitative estimate of drug-likeness (QED) is 0.888. The van der Waals surface area contributed by atoms with Crippen molar-refractivity contribution < 1.29 is 8.78 Å². The molecule has 94 valence electrons. The van der Waals surface area contributed by atoms with E-state index >= 15 is 0 Å². The zero-order valence-corrected chi connectivity index (χ0v) is 11.3. The first-order valence-electron chi connectivity index (χ1n) is 5.45. The van der Waals surface area contributed by atoms with Crippen LogP contribution in [0.3, 0.4) is 0 Å². The summed E-state index contributed by atoms with van der Waals surface area (Å²) >= 11 is 3.12. The number of hydrogen-bond donors (Lipinski definition) is 1. The van der Waals surface area contributed by atoms with Crippen molar-refractivity contribution in [2.45, 2.75) is 13.0 Å². The maximum atomic E-state index is 13.2. The van der Waals surface area contributed by atoms with Gasteiger partial charge in [0.05, 0.1) is 10.5 Å². The minimum Gasteiger partial charge on any atom is -0.320 e. The highest BCUT2D eigenvalue weighted by atomic mass is 79.9. The molecule has 0 amide bonds. The average molecular weight is 312 g/mol. The molecule has 2 rings (SSSR count). The monoisotopic (exact) mass is 311 g/mol. The molecule has 0 aromatic heterocycles. The molecule has 0 aliphatic heterocycles. The summed E-state index contributed by atoms with van der Waals surface area (Å²) in [6, 6.07) is 8.58. The molecule has 0 saturated heterocycles. The van der Waals surface area contributed by atoms with Crippen LogP contribution in [0.25, 0.3) is 0 Å². The normalized spacial score (nSPS) is 12.5. The summed E-state index contributed by atoms with van der Waals surface area (Å²) in [5, 5.41) is 0. The van der Waals surface area contributed by atoms with E-state index in [4.69, 9.17) is 5.73 Å². The zero-order chi connectivity index (χ0) is 13.3. The highest BCUT2D eigenvalue weighted by Crippen LogP contribution is 2.26. The summed E-state index contributed by atoms with van der Waals surface area (Å²) in [6.45, 7) is 1.87. The molecular weight excluding hydrogens is 300 g/mol. The van der Waals surface area contributed by atoms with E-state index in [1.54, 1.807) is 18.2 Å². The summed E-state index contributed by atoms with van der Waals surface area (Å²) in [7, 11) is 0. The van der Waals surface area contributed by atoms with Crippen molar-refractivity contribution in [1.82, 2.24) is 0 Å².